The van der Waals surface area contributed by atoms with E-state index in [1.807, 2.05) is 30.0 Å². The number of benzene rings is 1. The molecule has 1 aromatic carbocycles. The first kappa shape index (κ1) is 15.6. The largest absolute Gasteiger partial charge is 0.493 e. The smallest absolute Gasteiger partial charge is 0.226 e. The van der Waals surface area contributed by atoms with Crippen molar-refractivity contribution in [2.45, 2.75) is 26.3 Å². The summed E-state index contributed by atoms with van der Waals surface area (Å²) in [5.41, 5.74) is 1.12. The third-order valence-corrected chi connectivity index (χ3v) is 3.71. The SMILES string of the molecule is COc1cc(C)ccc1OCCC(=O)N1CCNC[C@H]1C. The van der Waals surface area contributed by atoms with E-state index in [0.29, 0.717) is 24.5 Å². The lowest BCUT2D eigenvalue weighted by Crippen LogP contribution is -2.52. The maximum Gasteiger partial charge on any atom is 0.226 e. The first-order chi connectivity index (χ1) is 10.1. The predicted molar refractivity (Wildman–Crippen MR) is 81.9 cm³/mol. The van der Waals surface area contributed by atoms with Gasteiger partial charge < -0.3 is 19.7 Å². The predicted octanol–water partition coefficient (Wildman–Crippen LogP) is 1.59. The first-order valence-electron chi connectivity index (χ1n) is 7.39. The molecule has 0 radical (unpaired) electrons. The lowest BCUT2D eigenvalue weighted by molar-refractivity contribution is -0.134. The molecule has 1 N–H and O–H groups in total. The molecule has 1 atom stereocenters. The average Bonchev–Trinajstić information content (AvgIpc) is 2.49. The van der Waals surface area contributed by atoms with Crippen LogP contribution in [0.25, 0.3) is 0 Å². The summed E-state index contributed by atoms with van der Waals surface area (Å²) in [5, 5.41) is 3.28. The molecule has 5 nitrogen and oxygen atoms in total. The molecule has 0 saturated carbocycles. The lowest BCUT2D eigenvalue weighted by atomic mass is 10.2. The fraction of sp³-hybridized carbons (Fsp3) is 0.562. The molecular formula is C16H24N2O3. The topological polar surface area (TPSA) is 50.8 Å². The lowest BCUT2D eigenvalue weighted by Gasteiger charge is -2.34. The summed E-state index contributed by atoms with van der Waals surface area (Å²) < 4.78 is 11.0. The molecule has 0 aliphatic carbocycles. The Hall–Kier alpha value is -1.75. The highest BCUT2D eigenvalue weighted by Crippen LogP contribution is 2.27. The number of hydrogen-bond donors (Lipinski definition) is 1. The summed E-state index contributed by atoms with van der Waals surface area (Å²) in [5.74, 6) is 1.54. The fourth-order valence-electron chi connectivity index (χ4n) is 2.50. The van der Waals surface area contributed by atoms with Crippen molar-refractivity contribution in [3.05, 3.63) is 23.8 Å². The molecule has 1 aliphatic heterocycles. The van der Waals surface area contributed by atoms with Crippen LogP contribution in [-0.4, -0.2) is 50.2 Å². The van der Waals surface area contributed by atoms with Gasteiger partial charge in [-0.3, -0.25) is 4.79 Å². The Labute approximate surface area is 126 Å². The number of nitrogens with zero attached hydrogens (tertiary/aromatic N) is 1. The van der Waals surface area contributed by atoms with Crippen molar-refractivity contribution < 1.29 is 14.3 Å². The Balaban J connectivity index is 1.85. The number of hydrogen-bond acceptors (Lipinski definition) is 4. The van der Waals surface area contributed by atoms with Crippen LogP contribution in [0.2, 0.25) is 0 Å². The first-order valence-corrected chi connectivity index (χ1v) is 7.39. The molecule has 1 fully saturated rings. The highest BCUT2D eigenvalue weighted by molar-refractivity contribution is 5.76. The second kappa shape index (κ2) is 7.31. The summed E-state index contributed by atoms with van der Waals surface area (Å²) >= 11 is 0. The Morgan fingerprint density at radius 2 is 2.24 bits per heavy atom. The quantitative estimate of drug-likeness (QED) is 0.895. The maximum atomic E-state index is 12.2. The maximum absolute atomic E-state index is 12.2. The Morgan fingerprint density at radius 3 is 2.95 bits per heavy atom. The number of amides is 1. The van der Waals surface area contributed by atoms with Gasteiger partial charge in [0.05, 0.1) is 20.1 Å². The van der Waals surface area contributed by atoms with Gasteiger partial charge in [-0.05, 0) is 31.5 Å². The van der Waals surface area contributed by atoms with Crippen molar-refractivity contribution in [1.29, 1.82) is 0 Å². The van der Waals surface area contributed by atoms with E-state index >= 15 is 0 Å². The van der Waals surface area contributed by atoms with Crippen LogP contribution in [0.5, 0.6) is 11.5 Å². The molecule has 1 aliphatic rings. The molecule has 5 heteroatoms. The van der Waals surface area contributed by atoms with E-state index in [9.17, 15) is 4.79 Å². The molecule has 0 bridgehead atoms. The molecule has 1 amide bonds. The minimum atomic E-state index is 0.148. The molecular weight excluding hydrogens is 268 g/mol. The van der Waals surface area contributed by atoms with Crippen molar-refractivity contribution in [3.63, 3.8) is 0 Å². The van der Waals surface area contributed by atoms with Gasteiger partial charge in [0, 0.05) is 25.7 Å². The van der Waals surface area contributed by atoms with Gasteiger partial charge in [0.15, 0.2) is 11.5 Å². The zero-order valence-corrected chi connectivity index (χ0v) is 13.0. The van der Waals surface area contributed by atoms with E-state index in [2.05, 4.69) is 12.2 Å². The van der Waals surface area contributed by atoms with E-state index in [1.165, 1.54) is 0 Å². The van der Waals surface area contributed by atoms with Gasteiger partial charge in [-0.1, -0.05) is 6.07 Å². The summed E-state index contributed by atoms with van der Waals surface area (Å²) in [6.07, 6.45) is 0.390. The van der Waals surface area contributed by atoms with Crippen LogP contribution in [0.3, 0.4) is 0 Å². The van der Waals surface area contributed by atoms with Crippen molar-refractivity contribution in [2.75, 3.05) is 33.4 Å². The van der Waals surface area contributed by atoms with Gasteiger partial charge in [0.25, 0.3) is 0 Å². The van der Waals surface area contributed by atoms with Gasteiger partial charge in [-0.15, -0.1) is 0 Å². The minimum Gasteiger partial charge on any atom is -0.493 e. The standard InChI is InChI=1S/C16H24N2O3/c1-12-4-5-14(15(10-12)20-3)21-9-6-16(19)18-8-7-17-11-13(18)2/h4-5,10,13,17H,6-9,11H2,1-3H3/t13-/m1/s1. The van der Waals surface area contributed by atoms with E-state index in [0.717, 1.165) is 25.2 Å². The Bertz CT molecular complexity index is 490. The van der Waals surface area contributed by atoms with Crippen LogP contribution in [-0.2, 0) is 4.79 Å². The molecule has 0 spiro atoms. The number of ether oxygens (including phenoxy) is 2. The second-order valence-electron chi connectivity index (χ2n) is 5.39. The number of rotatable bonds is 5. The normalized spacial score (nSPS) is 18.4. The minimum absolute atomic E-state index is 0.148. The van der Waals surface area contributed by atoms with Crippen molar-refractivity contribution in [2.24, 2.45) is 0 Å². The van der Waals surface area contributed by atoms with E-state index in [-0.39, 0.29) is 11.9 Å². The number of aryl methyl sites for hydroxylation is 1. The van der Waals surface area contributed by atoms with E-state index < -0.39 is 0 Å². The number of carbonyl (C=O) groups excluding carboxylic acids is 1. The van der Waals surface area contributed by atoms with Crippen molar-refractivity contribution in [1.82, 2.24) is 10.2 Å². The molecule has 1 aromatic rings. The summed E-state index contributed by atoms with van der Waals surface area (Å²) in [6, 6.07) is 6.03. The highest BCUT2D eigenvalue weighted by Gasteiger charge is 2.22. The van der Waals surface area contributed by atoms with Crippen molar-refractivity contribution in [3.8, 4) is 11.5 Å². The van der Waals surface area contributed by atoms with Crippen LogP contribution in [0.15, 0.2) is 18.2 Å². The monoisotopic (exact) mass is 292 g/mol. The Kier molecular flexibility index (Phi) is 5.44. The van der Waals surface area contributed by atoms with Crippen LogP contribution in [0.4, 0.5) is 0 Å². The molecule has 1 saturated heterocycles. The average molecular weight is 292 g/mol. The number of nitrogens with one attached hydrogen (secondary N) is 1. The summed E-state index contributed by atoms with van der Waals surface area (Å²) in [7, 11) is 1.62. The Morgan fingerprint density at radius 1 is 1.43 bits per heavy atom. The van der Waals surface area contributed by atoms with E-state index in [4.69, 9.17) is 9.47 Å². The van der Waals surface area contributed by atoms with E-state index in [1.54, 1.807) is 7.11 Å². The molecule has 1 heterocycles. The van der Waals surface area contributed by atoms with Gasteiger partial charge >= 0.3 is 0 Å². The van der Waals surface area contributed by atoms with Crippen LogP contribution < -0.4 is 14.8 Å². The van der Waals surface area contributed by atoms with Crippen LogP contribution in [0, 0.1) is 6.92 Å². The molecule has 2 rings (SSSR count). The number of carbonyl (C=O) groups is 1. The molecule has 0 unspecified atom stereocenters. The van der Waals surface area contributed by atoms with Crippen LogP contribution in [0.1, 0.15) is 18.9 Å². The van der Waals surface area contributed by atoms with Gasteiger partial charge in [0.2, 0.25) is 5.91 Å². The highest BCUT2D eigenvalue weighted by atomic mass is 16.5. The van der Waals surface area contributed by atoms with Gasteiger partial charge in [-0.2, -0.15) is 0 Å². The summed E-state index contributed by atoms with van der Waals surface area (Å²) in [4.78, 5) is 14.1. The zero-order chi connectivity index (χ0) is 15.2. The molecule has 0 aromatic heterocycles. The van der Waals surface area contributed by atoms with Gasteiger partial charge in [-0.25, -0.2) is 0 Å². The third kappa shape index (κ3) is 4.11. The zero-order valence-electron chi connectivity index (χ0n) is 13.0. The number of methoxy groups -OCH3 is 1. The number of piperazine rings is 1. The second-order valence-corrected chi connectivity index (χ2v) is 5.39. The summed E-state index contributed by atoms with van der Waals surface area (Å²) in [6.45, 7) is 6.93. The third-order valence-electron chi connectivity index (χ3n) is 3.71. The molecule has 116 valence electrons. The van der Waals surface area contributed by atoms with Crippen LogP contribution >= 0.6 is 0 Å². The fourth-order valence-corrected chi connectivity index (χ4v) is 2.50. The van der Waals surface area contributed by atoms with Crippen molar-refractivity contribution >= 4 is 5.91 Å². The van der Waals surface area contributed by atoms with Gasteiger partial charge in [0.1, 0.15) is 0 Å². The molecule has 21 heavy (non-hydrogen) atoms.